The predicted molar refractivity (Wildman–Crippen MR) is 187 cm³/mol. The van der Waals surface area contributed by atoms with Gasteiger partial charge in [0, 0.05) is 40.6 Å². The van der Waals surface area contributed by atoms with E-state index in [4.69, 9.17) is 4.74 Å². The maximum absolute atomic E-state index is 13.3. The number of methoxy groups -OCH3 is 1. The number of nitrogens with zero attached hydrogens (tertiary/aromatic N) is 2. The van der Waals surface area contributed by atoms with E-state index in [1.165, 1.54) is 33.3 Å². The molecule has 0 bridgehead atoms. The van der Waals surface area contributed by atoms with E-state index in [1.807, 2.05) is 10.6 Å². The van der Waals surface area contributed by atoms with Gasteiger partial charge in [-0.15, -0.1) is 11.3 Å². The van der Waals surface area contributed by atoms with Crippen LogP contribution in [0, 0.1) is 0 Å². The largest absolute Gasteiger partial charge is 0.494 e. The molecular formula is C40H34N2O4S. The van der Waals surface area contributed by atoms with Crippen LogP contribution in [0.5, 0.6) is 5.75 Å². The summed E-state index contributed by atoms with van der Waals surface area (Å²) in [4.78, 5) is 30.2. The summed E-state index contributed by atoms with van der Waals surface area (Å²) in [7, 11) is 1.63. The number of aromatic carboxylic acids is 1. The van der Waals surface area contributed by atoms with E-state index in [9.17, 15) is 14.7 Å². The molecule has 234 valence electrons. The molecule has 2 aromatic heterocycles. The summed E-state index contributed by atoms with van der Waals surface area (Å²) in [6, 6.07) is 38.6. The van der Waals surface area contributed by atoms with Gasteiger partial charge in [-0.05, 0) is 59.7 Å². The number of thiophene rings is 1. The van der Waals surface area contributed by atoms with Crippen molar-refractivity contribution < 1.29 is 14.6 Å². The molecule has 0 spiro atoms. The minimum atomic E-state index is -1.21. The van der Waals surface area contributed by atoms with Crippen molar-refractivity contribution in [2.24, 2.45) is 0 Å². The van der Waals surface area contributed by atoms with E-state index >= 15 is 0 Å². The molecule has 3 heterocycles. The molecule has 8 rings (SSSR count). The zero-order valence-electron chi connectivity index (χ0n) is 26.1. The second-order valence-electron chi connectivity index (χ2n) is 12.4. The Morgan fingerprint density at radius 3 is 2.00 bits per heavy atom. The molecule has 0 saturated heterocycles. The zero-order chi connectivity index (χ0) is 32.1. The van der Waals surface area contributed by atoms with Crippen LogP contribution in [-0.4, -0.2) is 34.2 Å². The highest BCUT2D eigenvalue weighted by molar-refractivity contribution is 7.15. The number of benzene rings is 4. The number of hydrogen-bond donors (Lipinski definition) is 1. The van der Waals surface area contributed by atoms with Crippen molar-refractivity contribution >= 4 is 28.2 Å². The lowest BCUT2D eigenvalue weighted by molar-refractivity contribution is 0.0694. The van der Waals surface area contributed by atoms with Crippen LogP contribution in [0.4, 0.5) is 0 Å². The van der Waals surface area contributed by atoms with E-state index in [0.717, 1.165) is 42.8 Å². The first-order valence-corrected chi connectivity index (χ1v) is 16.8. The van der Waals surface area contributed by atoms with Crippen LogP contribution in [-0.2, 0) is 18.5 Å². The van der Waals surface area contributed by atoms with Gasteiger partial charge in [0.2, 0.25) is 5.43 Å². The number of pyridine rings is 1. The lowest BCUT2D eigenvalue weighted by Gasteiger charge is -2.47. The van der Waals surface area contributed by atoms with Crippen LogP contribution >= 0.6 is 11.3 Å². The summed E-state index contributed by atoms with van der Waals surface area (Å²) in [5.41, 5.74) is 5.43. The van der Waals surface area contributed by atoms with Crippen LogP contribution in [0.25, 0.3) is 21.3 Å². The minimum Gasteiger partial charge on any atom is -0.494 e. The summed E-state index contributed by atoms with van der Waals surface area (Å²) in [5, 5.41) is 10.1. The van der Waals surface area contributed by atoms with Gasteiger partial charge in [-0.3, -0.25) is 9.69 Å². The topological polar surface area (TPSA) is 71.8 Å². The quantitative estimate of drug-likeness (QED) is 0.171. The molecule has 1 fully saturated rings. The maximum Gasteiger partial charge on any atom is 0.341 e. The smallest absolute Gasteiger partial charge is 0.341 e. The van der Waals surface area contributed by atoms with Crippen molar-refractivity contribution in [3.8, 4) is 16.2 Å². The van der Waals surface area contributed by atoms with Crippen LogP contribution in [0.2, 0.25) is 0 Å². The Hall–Kier alpha value is -4.98. The van der Waals surface area contributed by atoms with Crippen molar-refractivity contribution in [3.63, 3.8) is 0 Å². The van der Waals surface area contributed by atoms with E-state index < -0.39 is 16.9 Å². The van der Waals surface area contributed by atoms with Gasteiger partial charge in [0.1, 0.15) is 5.56 Å². The van der Waals surface area contributed by atoms with Gasteiger partial charge in [0.05, 0.1) is 23.6 Å². The molecule has 47 heavy (non-hydrogen) atoms. The molecule has 2 aliphatic rings. The van der Waals surface area contributed by atoms with Crippen LogP contribution < -0.4 is 10.2 Å². The van der Waals surface area contributed by atoms with Gasteiger partial charge in [-0.2, -0.15) is 0 Å². The standard InChI is InChI=1S/C40H34N2O4S/c1-46-38-31(19-20-32-36(38)42(30-17-18-30)24-33(37(32)43)39(44)45)34-23-26-21-22-41(25-35(26)47-34)40(27-11-5-2-6-12-27,28-13-7-3-8-14-28)29-15-9-4-10-16-29/h2-16,19-20,23-24,30H,17-18,21-22,25H2,1H3,(H,44,45). The molecule has 0 amide bonds. The van der Waals surface area contributed by atoms with Crippen LogP contribution in [0.1, 0.15) is 56.4 Å². The first kappa shape index (κ1) is 29.4. The van der Waals surface area contributed by atoms with Gasteiger partial charge < -0.3 is 14.4 Å². The molecule has 7 heteroatoms. The number of rotatable bonds is 8. The first-order valence-electron chi connectivity index (χ1n) is 16.0. The van der Waals surface area contributed by atoms with Crippen molar-refractivity contribution in [3.05, 3.63) is 158 Å². The summed E-state index contributed by atoms with van der Waals surface area (Å²) < 4.78 is 8.01. The number of carboxylic acid groups (broad SMARTS) is 1. The molecule has 0 radical (unpaired) electrons. The number of aromatic nitrogens is 1. The Labute approximate surface area is 277 Å². The number of carbonyl (C=O) groups is 1. The third-order valence-corrected chi connectivity index (χ3v) is 10.9. The highest BCUT2D eigenvalue weighted by Gasteiger charge is 2.43. The third-order valence-electron chi connectivity index (χ3n) is 9.72. The monoisotopic (exact) mass is 638 g/mol. The molecular weight excluding hydrogens is 605 g/mol. The fourth-order valence-electron chi connectivity index (χ4n) is 7.44. The third kappa shape index (κ3) is 4.80. The average molecular weight is 639 g/mol. The number of carboxylic acids is 1. The normalized spacial score (nSPS) is 15.0. The molecule has 1 aliphatic carbocycles. The van der Waals surface area contributed by atoms with Crippen molar-refractivity contribution in [2.75, 3.05) is 13.7 Å². The number of hydrogen-bond acceptors (Lipinski definition) is 5. The summed E-state index contributed by atoms with van der Waals surface area (Å²) in [6.45, 7) is 1.64. The number of fused-ring (bicyclic) bond motifs is 2. The maximum atomic E-state index is 13.3. The van der Waals surface area contributed by atoms with Gasteiger partial charge in [0.15, 0.2) is 5.75 Å². The van der Waals surface area contributed by atoms with Crippen molar-refractivity contribution in [1.82, 2.24) is 9.47 Å². The second-order valence-corrected chi connectivity index (χ2v) is 13.5. The Kier molecular flexibility index (Phi) is 7.31. The lowest BCUT2D eigenvalue weighted by Crippen LogP contribution is -2.49. The summed E-state index contributed by atoms with van der Waals surface area (Å²) >= 11 is 1.77. The zero-order valence-corrected chi connectivity index (χ0v) is 26.9. The van der Waals surface area contributed by atoms with Crippen molar-refractivity contribution in [1.29, 1.82) is 0 Å². The first-order chi connectivity index (χ1) is 23.0. The van der Waals surface area contributed by atoms with E-state index in [1.54, 1.807) is 24.5 Å². The Bertz CT molecular complexity index is 2070. The molecule has 1 N–H and O–H groups in total. The minimum absolute atomic E-state index is 0.160. The summed E-state index contributed by atoms with van der Waals surface area (Å²) in [5.74, 6) is -0.589. The molecule has 6 nitrogen and oxygen atoms in total. The molecule has 6 aromatic rings. The summed E-state index contributed by atoms with van der Waals surface area (Å²) in [6.07, 6.45) is 4.29. The highest BCUT2D eigenvalue weighted by Crippen LogP contribution is 2.48. The van der Waals surface area contributed by atoms with E-state index in [-0.39, 0.29) is 11.6 Å². The Morgan fingerprint density at radius 1 is 0.872 bits per heavy atom. The fraction of sp³-hybridized carbons (Fsp3) is 0.200. The predicted octanol–water partition coefficient (Wildman–Crippen LogP) is 8.12. The van der Waals surface area contributed by atoms with Crippen molar-refractivity contribution in [2.45, 2.75) is 37.4 Å². The molecule has 4 aromatic carbocycles. The lowest BCUT2D eigenvalue weighted by atomic mass is 9.75. The van der Waals surface area contributed by atoms with Gasteiger partial charge in [-0.25, -0.2) is 4.79 Å². The van der Waals surface area contributed by atoms with E-state index in [2.05, 4.69) is 102 Å². The van der Waals surface area contributed by atoms with Gasteiger partial charge >= 0.3 is 5.97 Å². The van der Waals surface area contributed by atoms with Crippen LogP contribution in [0.3, 0.4) is 0 Å². The van der Waals surface area contributed by atoms with E-state index in [0.29, 0.717) is 16.7 Å². The molecule has 0 atom stereocenters. The van der Waals surface area contributed by atoms with Gasteiger partial charge in [0.25, 0.3) is 0 Å². The Balaban J connectivity index is 1.26. The molecule has 1 aliphatic heterocycles. The molecule has 1 saturated carbocycles. The number of ether oxygens (including phenoxy) is 1. The Morgan fingerprint density at radius 2 is 1.47 bits per heavy atom. The second kappa shape index (κ2) is 11.7. The highest BCUT2D eigenvalue weighted by atomic mass is 32.1. The average Bonchev–Trinajstić information content (AvgIpc) is 3.87. The van der Waals surface area contributed by atoms with Gasteiger partial charge in [-0.1, -0.05) is 91.0 Å². The SMILES string of the molecule is COc1c(-c2cc3c(s2)CN(C(c2ccccc2)(c2ccccc2)c2ccccc2)CC3)ccc2c(=O)c(C(=O)O)cn(C3CC3)c12. The fourth-order valence-corrected chi connectivity index (χ4v) is 8.69. The molecule has 0 unspecified atom stereocenters. The van der Waals surface area contributed by atoms with Crippen LogP contribution in [0.15, 0.2) is 120 Å².